The van der Waals surface area contributed by atoms with Gasteiger partial charge in [-0.2, -0.15) is 12.6 Å². The minimum Gasteiger partial charge on any atom is -0.379 e. The van der Waals surface area contributed by atoms with Gasteiger partial charge in [0.2, 0.25) is 0 Å². The summed E-state index contributed by atoms with van der Waals surface area (Å²) in [6.45, 7) is 8.88. The van der Waals surface area contributed by atoms with Crippen molar-refractivity contribution in [1.29, 1.82) is 0 Å². The van der Waals surface area contributed by atoms with Gasteiger partial charge in [-0.1, -0.05) is 20.3 Å². The van der Waals surface area contributed by atoms with Crippen molar-refractivity contribution >= 4 is 21.4 Å². The van der Waals surface area contributed by atoms with Gasteiger partial charge in [-0.3, -0.25) is 4.53 Å². The summed E-state index contributed by atoms with van der Waals surface area (Å²) in [5, 5.41) is 0. The smallest absolute Gasteiger partial charge is 0.379 e. The Kier molecular flexibility index (Phi) is 13.5. The predicted octanol–water partition coefficient (Wildman–Crippen LogP) is 2.67. The summed E-state index contributed by atoms with van der Waals surface area (Å²) >= 11 is 4.29. The van der Waals surface area contributed by atoms with E-state index in [4.69, 9.17) is 22.9 Å². The lowest BCUT2D eigenvalue weighted by molar-refractivity contribution is -0.0192. The van der Waals surface area contributed by atoms with E-state index in [1.165, 1.54) is 0 Å². The van der Waals surface area contributed by atoms with Gasteiger partial charge in [-0.05, 0) is 30.9 Å². The first-order valence-electron chi connectivity index (χ1n) is 9.17. The first kappa shape index (κ1) is 22.4. The van der Waals surface area contributed by atoms with Crippen molar-refractivity contribution in [3.63, 3.8) is 0 Å². The van der Waals surface area contributed by atoms with Crippen LogP contribution < -0.4 is 5.48 Å². The average molecular weight is 382 g/mol. The molecule has 1 N–H and O–H groups in total. The first-order chi connectivity index (χ1) is 11.7. The van der Waals surface area contributed by atoms with E-state index in [0.717, 1.165) is 50.6 Å². The standard InChI is InChI=1S/C16H35NO5SSi/c1-3-4-7-18-9-10-19-11-12-21-24(14-5-13-23)20-8-6-16(2)15-17-22-24/h16-17,23H,3-15H2,1-2H3. The Hall–Kier alpha value is 0.327. The highest BCUT2D eigenvalue weighted by molar-refractivity contribution is 7.80. The maximum atomic E-state index is 6.03. The van der Waals surface area contributed by atoms with E-state index < -0.39 is 8.80 Å². The molecule has 1 rings (SSSR count). The lowest BCUT2D eigenvalue weighted by atomic mass is 10.1. The van der Waals surface area contributed by atoms with E-state index in [2.05, 4.69) is 32.0 Å². The van der Waals surface area contributed by atoms with Gasteiger partial charge in [0, 0.05) is 25.8 Å². The first-order valence-corrected chi connectivity index (χ1v) is 11.7. The molecule has 1 saturated heterocycles. The highest BCUT2D eigenvalue weighted by atomic mass is 32.1. The lowest BCUT2D eigenvalue weighted by Crippen LogP contribution is -2.52. The summed E-state index contributed by atoms with van der Waals surface area (Å²) in [5.74, 6) is 1.34. The van der Waals surface area contributed by atoms with E-state index in [1.54, 1.807) is 0 Å². The van der Waals surface area contributed by atoms with Gasteiger partial charge in [0.15, 0.2) is 0 Å². The van der Waals surface area contributed by atoms with Gasteiger partial charge in [0.05, 0.1) is 26.4 Å². The number of unbranched alkanes of at least 4 members (excludes halogenated alkanes) is 1. The molecule has 2 unspecified atom stereocenters. The van der Waals surface area contributed by atoms with Crippen LogP contribution in [0.3, 0.4) is 0 Å². The fourth-order valence-corrected chi connectivity index (χ4v) is 5.01. The topological polar surface area (TPSA) is 58.2 Å². The number of rotatable bonds is 13. The quantitative estimate of drug-likeness (QED) is 0.291. The van der Waals surface area contributed by atoms with E-state index in [9.17, 15) is 0 Å². The van der Waals surface area contributed by atoms with Crippen molar-refractivity contribution in [2.45, 2.75) is 45.6 Å². The van der Waals surface area contributed by atoms with E-state index in [-0.39, 0.29) is 0 Å². The second-order valence-corrected chi connectivity index (χ2v) is 9.22. The monoisotopic (exact) mass is 381 g/mol. The maximum Gasteiger partial charge on any atom is 0.518 e. The minimum atomic E-state index is -2.67. The second-order valence-electron chi connectivity index (χ2n) is 6.13. The molecule has 0 saturated carbocycles. The molecule has 1 aliphatic heterocycles. The Bertz CT molecular complexity index is 292. The Morgan fingerprint density at radius 1 is 1.12 bits per heavy atom. The van der Waals surface area contributed by atoms with Crippen LogP contribution in [0.4, 0.5) is 0 Å². The van der Waals surface area contributed by atoms with Gasteiger partial charge >= 0.3 is 8.80 Å². The van der Waals surface area contributed by atoms with Crippen LogP contribution in [0.15, 0.2) is 0 Å². The highest BCUT2D eigenvalue weighted by Gasteiger charge is 2.42. The third kappa shape index (κ3) is 10.3. The van der Waals surface area contributed by atoms with Crippen LogP contribution in [-0.4, -0.2) is 60.7 Å². The van der Waals surface area contributed by atoms with Crippen LogP contribution in [0.1, 0.15) is 39.5 Å². The minimum absolute atomic E-state index is 0.477. The van der Waals surface area contributed by atoms with Gasteiger partial charge in [0.25, 0.3) is 0 Å². The molecule has 0 spiro atoms. The molecule has 0 aliphatic carbocycles. The molecule has 0 radical (unpaired) electrons. The third-order valence-corrected chi connectivity index (χ3v) is 6.82. The van der Waals surface area contributed by atoms with Gasteiger partial charge in [-0.25, -0.2) is 5.48 Å². The molecule has 8 heteroatoms. The summed E-state index contributed by atoms with van der Waals surface area (Å²) in [4.78, 5) is 0. The molecule has 1 aliphatic rings. The number of nitrogens with one attached hydrogen (secondary N) is 1. The van der Waals surface area contributed by atoms with Crippen LogP contribution in [0.25, 0.3) is 0 Å². The summed E-state index contributed by atoms with van der Waals surface area (Å²) in [6.07, 6.45) is 4.18. The van der Waals surface area contributed by atoms with Crippen LogP contribution in [-0.2, 0) is 22.9 Å². The fourth-order valence-electron chi connectivity index (χ4n) is 2.23. The maximum absolute atomic E-state index is 6.03. The van der Waals surface area contributed by atoms with Crippen LogP contribution in [0, 0.1) is 5.92 Å². The van der Waals surface area contributed by atoms with Crippen LogP contribution >= 0.6 is 12.6 Å². The Balaban J connectivity index is 2.22. The van der Waals surface area contributed by atoms with Gasteiger partial charge in [0.1, 0.15) is 0 Å². The molecule has 24 heavy (non-hydrogen) atoms. The predicted molar refractivity (Wildman–Crippen MR) is 100 cm³/mol. The van der Waals surface area contributed by atoms with Crippen molar-refractivity contribution in [2.75, 3.05) is 51.9 Å². The SMILES string of the molecule is CCCCOCCOCCO[Si]1(CCCS)OCCC(C)CNO1. The zero-order chi connectivity index (χ0) is 17.5. The van der Waals surface area contributed by atoms with E-state index in [1.807, 2.05) is 0 Å². The molecule has 0 aromatic rings. The van der Waals surface area contributed by atoms with Crippen LogP contribution in [0.5, 0.6) is 0 Å². The summed E-state index contributed by atoms with van der Waals surface area (Å²) < 4.78 is 28.9. The van der Waals surface area contributed by atoms with E-state index >= 15 is 0 Å². The summed E-state index contributed by atoms with van der Waals surface area (Å²) in [6, 6.07) is 0.776. The van der Waals surface area contributed by atoms with Crippen molar-refractivity contribution < 1.29 is 22.9 Å². The number of ether oxygens (including phenoxy) is 2. The Morgan fingerprint density at radius 2 is 1.88 bits per heavy atom. The van der Waals surface area contributed by atoms with Crippen molar-refractivity contribution in [3.8, 4) is 0 Å². The van der Waals surface area contributed by atoms with Crippen molar-refractivity contribution in [2.24, 2.45) is 5.92 Å². The molecular weight excluding hydrogens is 346 g/mol. The molecule has 0 amide bonds. The van der Waals surface area contributed by atoms with E-state index in [0.29, 0.717) is 39.0 Å². The molecule has 144 valence electrons. The molecule has 1 fully saturated rings. The fraction of sp³-hybridized carbons (Fsp3) is 1.00. The third-order valence-electron chi connectivity index (χ3n) is 3.80. The molecule has 6 nitrogen and oxygen atoms in total. The second kappa shape index (κ2) is 14.5. The van der Waals surface area contributed by atoms with Gasteiger partial charge < -0.3 is 18.3 Å². The number of hydrogen-bond donors (Lipinski definition) is 2. The largest absolute Gasteiger partial charge is 0.518 e. The molecular formula is C16H35NO5SSi. The average Bonchev–Trinajstić information content (AvgIpc) is 2.56. The zero-order valence-corrected chi connectivity index (χ0v) is 17.2. The molecule has 0 bridgehead atoms. The number of thiol groups is 1. The Labute approximate surface area is 153 Å². The van der Waals surface area contributed by atoms with Gasteiger partial charge in [-0.15, -0.1) is 0 Å². The zero-order valence-electron chi connectivity index (χ0n) is 15.3. The van der Waals surface area contributed by atoms with Crippen molar-refractivity contribution in [1.82, 2.24) is 5.48 Å². The summed E-state index contributed by atoms with van der Waals surface area (Å²) in [5.41, 5.74) is 3.04. The summed E-state index contributed by atoms with van der Waals surface area (Å²) in [7, 11) is -2.67. The lowest BCUT2D eigenvalue weighted by Gasteiger charge is -2.32. The normalized spacial score (nSPS) is 25.4. The molecule has 0 aromatic heterocycles. The molecule has 1 heterocycles. The molecule has 2 atom stereocenters. The number of hydrogen-bond acceptors (Lipinski definition) is 7. The Morgan fingerprint density at radius 3 is 2.62 bits per heavy atom. The number of hydroxylamine groups is 1. The molecule has 0 aromatic carbocycles. The van der Waals surface area contributed by atoms with Crippen molar-refractivity contribution in [3.05, 3.63) is 0 Å². The highest BCUT2D eigenvalue weighted by Crippen LogP contribution is 2.20. The van der Waals surface area contributed by atoms with Crippen LogP contribution in [0.2, 0.25) is 6.04 Å².